The van der Waals surface area contributed by atoms with E-state index >= 15 is 0 Å². The molecule has 0 aliphatic rings. The molecule has 0 aliphatic heterocycles. The van der Waals surface area contributed by atoms with Crippen molar-refractivity contribution in [2.75, 3.05) is 7.11 Å². The van der Waals surface area contributed by atoms with Gasteiger partial charge in [-0.1, -0.05) is 0 Å². The van der Waals surface area contributed by atoms with Crippen molar-refractivity contribution in [1.29, 1.82) is 0 Å². The van der Waals surface area contributed by atoms with Crippen LogP contribution in [0.15, 0.2) is 0 Å². The van der Waals surface area contributed by atoms with E-state index < -0.39 is 15.3 Å². The summed E-state index contributed by atoms with van der Waals surface area (Å²) in [7, 11) is 1.00. The van der Waals surface area contributed by atoms with Crippen molar-refractivity contribution < 1.29 is 53.3 Å². The number of nitrogens with zero attached hydrogens (tertiary/aromatic N) is 3. The van der Waals surface area contributed by atoms with Gasteiger partial charge in [0, 0.05) is 24.5 Å². The third-order valence-corrected chi connectivity index (χ3v) is 0. The topological polar surface area (TPSA) is 210 Å². The van der Waals surface area contributed by atoms with Gasteiger partial charge in [-0.3, -0.25) is 0 Å². The van der Waals surface area contributed by atoms with Gasteiger partial charge >= 0.3 is 0 Å². The summed E-state index contributed by atoms with van der Waals surface area (Å²) in [4.78, 5) is 25.1. The van der Waals surface area contributed by atoms with Crippen molar-refractivity contribution in [2.24, 2.45) is 0 Å². The van der Waals surface area contributed by atoms with Gasteiger partial charge in [-0.2, -0.15) is 0 Å². The molecule has 0 bridgehead atoms. The Bertz CT molecular complexity index is 118. The smallest absolute Gasteiger partial charge is 0.291 e. The zero-order chi connectivity index (χ0) is 12.7. The summed E-state index contributed by atoms with van der Waals surface area (Å²) in [5, 5.41) is 47.9. The van der Waals surface area contributed by atoms with E-state index in [2.05, 4.69) is 0 Å². The molecule has 0 heterocycles. The number of hydrogen-bond acceptors (Lipinski definition) is 7. The van der Waals surface area contributed by atoms with Gasteiger partial charge in [-0.25, -0.2) is 0 Å². The average Bonchev–Trinajstić information content (AvgIpc) is 1.86. The molecule has 0 radical (unpaired) electrons. The molecule has 0 aromatic heterocycles. The Labute approximate surface area is 91.6 Å². The Morgan fingerprint density at radius 3 is 0.733 bits per heavy atom. The molecule has 0 aliphatic carbocycles. The summed E-state index contributed by atoms with van der Waals surface area (Å²) in [5.41, 5.74) is 0. The Balaban J connectivity index is -0.0000000298. The van der Waals surface area contributed by atoms with Gasteiger partial charge in [0.15, 0.2) is 0 Å². The third kappa shape index (κ3) is 339. The average molecular weight is 273 g/mol. The minimum Gasteiger partial charge on any atom is -0.400 e. The Hall–Kier alpha value is -1.91. The number of aliphatic hydroxyl groups excluding tert-OH is 1. The van der Waals surface area contributed by atoms with Crippen LogP contribution < -0.4 is 0 Å². The van der Waals surface area contributed by atoms with Crippen LogP contribution in [-0.2, 0) is 17.4 Å². The summed E-state index contributed by atoms with van der Waals surface area (Å²) in [6, 6.07) is 0. The Morgan fingerprint density at radius 1 is 0.733 bits per heavy atom. The van der Waals surface area contributed by atoms with Crippen LogP contribution in [0.2, 0.25) is 0 Å². The largest absolute Gasteiger partial charge is 0.400 e. The van der Waals surface area contributed by atoms with E-state index in [9.17, 15) is 0 Å². The first-order valence-corrected chi connectivity index (χ1v) is 2.14. The Morgan fingerprint density at radius 2 is 0.733 bits per heavy atom. The SMILES string of the molecule is CO.O=[N+]([O-])O.O=[N+]([O-])O.O=[N+]([O-])O.[Cr]. The second-order valence-corrected chi connectivity index (χ2v) is 0.714. The fourth-order valence-corrected chi connectivity index (χ4v) is 0. The fourth-order valence-electron chi connectivity index (χ4n) is 0. The van der Waals surface area contributed by atoms with Crippen molar-refractivity contribution in [3.8, 4) is 0 Å². The van der Waals surface area contributed by atoms with Gasteiger partial charge in [0.1, 0.15) is 0 Å². The summed E-state index contributed by atoms with van der Waals surface area (Å²) in [5.74, 6) is 0. The predicted molar refractivity (Wildman–Crippen MR) is 34.5 cm³/mol. The molecule has 0 saturated carbocycles. The summed E-state index contributed by atoms with van der Waals surface area (Å²) >= 11 is 0. The second-order valence-electron chi connectivity index (χ2n) is 0.714. The van der Waals surface area contributed by atoms with Gasteiger partial charge in [-0.15, -0.1) is 30.3 Å². The second kappa shape index (κ2) is 29.6. The molecule has 14 heteroatoms. The molecular formula is CH7CrN3O10. The Kier molecular flexibility index (Phi) is 57.6. The van der Waals surface area contributed by atoms with E-state index in [1.165, 1.54) is 0 Å². The van der Waals surface area contributed by atoms with E-state index in [0.29, 0.717) is 0 Å². The summed E-state index contributed by atoms with van der Waals surface area (Å²) in [6.07, 6.45) is 0. The summed E-state index contributed by atoms with van der Waals surface area (Å²) < 4.78 is 0. The maximum absolute atomic E-state index is 8.36. The molecule has 92 valence electrons. The maximum atomic E-state index is 8.36. The molecule has 0 aromatic carbocycles. The van der Waals surface area contributed by atoms with E-state index in [-0.39, 0.29) is 17.4 Å². The molecule has 0 unspecified atom stereocenters. The van der Waals surface area contributed by atoms with Crippen LogP contribution in [0.3, 0.4) is 0 Å². The molecule has 0 saturated heterocycles. The van der Waals surface area contributed by atoms with E-state index in [0.717, 1.165) is 7.11 Å². The van der Waals surface area contributed by atoms with Crippen LogP contribution in [0, 0.1) is 30.3 Å². The monoisotopic (exact) mass is 273 g/mol. The predicted octanol–water partition coefficient (Wildman–Crippen LogP) is -1.44. The van der Waals surface area contributed by atoms with Crippen molar-refractivity contribution >= 4 is 0 Å². The van der Waals surface area contributed by atoms with Crippen molar-refractivity contribution in [3.05, 3.63) is 30.3 Å². The van der Waals surface area contributed by atoms with Gasteiger partial charge < -0.3 is 20.7 Å². The standard InChI is InChI=1S/CH4O.Cr.3HNO3/c1-2;;3*2-1(3)4/h2H,1H3;;3*(H,2,3,4). The molecule has 0 spiro atoms. The zero-order valence-corrected chi connectivity index (χ0v) is 8.26. The normalized spacial score (nSPS) is 5.20. The maximum Gasteiger partial charge on any atom is 0.291 e. The quantitative estimate of drug-likeness (QED) is 0.298. The fraction of sp³-hybridized carbons (Fsp3) is 1.00. The van der Waals surface area contributed by atoms with Crippen LogP contribution in [0.5, 0.6) is 0 Å². The molecule has 15 heavy (non-hydrogen) atoms. The van der Waals surface area contributed by atoms with Crippen LogP contribution in [0.1, 0.15) is 0 Å². The number of aliphatic hydroxyl groups is 1. The van der Waals surface area contributed by atoms with E-state index in [4.69, 9.17) is 51.1 Å². The van der Waals surface area contributed by atoms with E-state index in [1.807, 2.05) is 0 Å². The first-order valence-electron chi connectivity index (χ1n) is 2.14. The van der Waals surface area contributed by atoms with Crippen molar-refractivity contribution in [1.82, 2.24) is 0 Å². The van der Waals surface area contributed by atoms with Crippen LogP contribution in [0.4, 0.5) is 0 Å². The molecule has 13 nitrogen and oxygen atoms in total. The molecule has 4 N–H and O–H groups in total. The van der Waals surface area contributed by atoms with Gasteiger partial charge in [-0.05, 0) is 0 Å². The van der Waals surface area contributed by atoms with Crippen LogP contribution in [0.25, 0.3) is 0 Å². The number of hydrogen-bond donors (Lipinski definition) is 4. The first kappa shape index (κ1) is 29.2. The van der Waals surface area contributed by atoms with Crippen molar-refractivity contribution in [3.63, 3.8) is 0 Å². The molecule has 0 fully saturated rings. The molecule has 0 rings (SSSR count). The first-order chi connectivity index (χ1) is 6.20. The minimum absolute atomic E-state index is 0. The molecule has 0 amide bonds. The molecule has 0 atom stereocenters. The summed E-state index contributed by atoms with van der Waals surface area (Å²) in [6.45, 7) is 0. The van der Waals surface area contributed by atoms with Gasteiger partial charge in [0.2, 0.25) is 0 Å². The van der Waals surface area contributed by atoms with Gasteiger partial charge in [0.05, 0.1) is 0 Å². The van der Waals surface area contributed by atoms with Gasteiger partial charge in [0.25, 0.3) is 15.3 Å². The zero-order valence-electron chi connectivity index (χ0n) is 6.99. The number of rotatable bonds is 0. The van der Waals surface area contributed by atoms with E-state index in [1.54, 1.807) is 0 Å². The van der Waals surface area contributed by atoms with Crippen LogP contribution in [-0.4, -0.2) is 43.1 Å². The third-order valence-electron chi connectivity index (χ3n) is 0. The molecular weight excluding hydrogens is 266 g/mol. The van der Waals surface area contributed by atoms with Crippen molar-refractivity contribution in [2.45, 2.75) is 0 Å². The van der Waals surface area contributed by atoms with Crippen LogP contribution >= 0.6 is 0 Å². The minimum atomic E-state index is -1.50. The molecule has 0 aromatic rings.